The first-order valence-corrected chi connectivity index (χ1v) is 6.88. The van der Waals surface area contributed by atoms with Gasteiger partial charge in [-0.05, 0) is 30.9 Å². The van der Waals surface area contributed by atoms with Crippen LogP contribution in [0.2, 0.25) is 10.2 Å². The van der Waals surface area contributed by atoms with E-state index in [0.29, 0.717) is 23.0 Å². The molecule has 98 valence electrons. The van der Waals surface area contributed by atoms with E-state index in [1.165, 1.54) is 6.07 Å². The Balaban J connectivity index is 1.96. The van der Waals surface area contributed by atoms with Crippen LogP contribution in [-0.4, -0.2) is 9.97 Å². The summed E-state index contributed by atoms with van der Waals surface area (Å²) in [7, 11) is 0. The van der Waals surface area contributed by atoms with E-state index >= 15 is 0 Å². The zero-order chi connectivity index (χ0) is 13.4. The predicted molar refractivity (Wildman–Crippen MR) is 73.3 cm³/mol. The molecule has 0 atom stereocenters. The van der Waals surface area contributed by atoms with Crippen molar-refractivity contribution in [2.24, 2.45) is 0 Å². The van der Waals surface area contributed by atoms with Crippen LogP contribution in [0.15, 0.2) is 18.2 Å². The zero-order valence-electron chi connectivity index (χ0n) is 10.1. The fourth-order valence-corrected chi connectivity index (χ4v) is 2.86. The maximum absolute atomic E-state index is 13.8. The molecule has 0 aliphatic heterocycles. The number of aryl methyl sites for hydroxylation is 1. The van der Waals surface area contributed by atoms with Gasteiger partial charge in [0.15, 0.2) is 0 Å². The number of halogens is 3. The maximum Gasteiger partial charge on any atom is 0.145 e. The molecule has 0 unspecified atom stereocenters. The normalized spacial score (nSPS) is 13.6. The summed E-state index contributed by atoms with van der Waals surface area (Å²) in [5.74, 6) is 0.135. The van der Waals surface area contributed by atoms with Gasteiger partial charge in [0.2, 0.25) is 0 Å². The molecular weight excluding hydrogens is 286 g/mol. The highest BCUT2D eigenvalue weighted by Crippen LogP contribution is 2.27. The average molecular weight is 297 g/mol. The molecule has 3 rings (SSSR count). The van der Waals surface area contributed by atoms with Crippen LogP contribution in [0.4, 0.5) is 4.39 Å². The van der Waals surface area contributed by atoms with Gasteiger partial charge in [-0.1, -0.05) is 35.3 Å². The monoisotopic (exact) mass is 296 g/mol. The van der Waals surface area contributed by atoms with Crippen LogP contribution in [0.1, 0.15) is 29.1 Å². The van der Waals surface area contributed by atoms with E-state index in [9.17, 15) is 4.39 Å². The smallest absolute Gasteiger partial charge is 0.145 e. The molecular formula is C14H11Cl2FN2. The molecule has 1 aromatic heterocycles. The van der Waals surface area contributed by atoms with Gasteiger partial charge in [0.05, 0.1) is 5.02 Å². The maximum atomic E-state index is 13.8. The number of benzene rings is 1. The largest absolute Gasteiger partial charge is 0.237 e. The summed E-state index contributed by atoms with van der Waals surface area (Å²) in [4.78, 5) is 8.73. The molecule has 2 aromatic rings. The first-order chi connectivity index (χ1) is 9.15. The number of hydrogen-bond donors (Lipinski definition) is 0. The second-order valence-corrected chi connectivity index (χ2v) is 5.36. The Morgan fingerprint density at radius 2 is 2.00 bits per heavy atom. The lowest BCUT2D eigenvalue weighted by atomic mass is 10.1. The molecule has 1 heterocycles. The van der Waals surface area contributed by atoms with Crippen LogP contribution in [0.5, 0.6) is 0 Å². The third-order valence-electron chi connectivity index (χ3n) is 3.31. The molecule has 0 amide bonds. The van der Waals surface area contributed by atoms with Crippen molar-refractivity contribution in [3.05, 3.63) is 56.8 Å². The highest BCUT2D eigenvalue weighted by atomic mass is 35.5. The number of rotatable bonds is 2. The molecule has 1 aliphatic rings. The minimum absolute atomic E-state index is 0.116. The van der Waals surface area contributed by atoms with Gasteiger partial charge in [-0.2, -0.15) is 0 Å². The lowest BCUT2D eigenvalue weighted by Gasteiger charge is -2.07. The number of fused-ring (bicyclic) bond motifs is 1. The molecule has 0 radical (unpaired) electrons. The van der Waals surface area contributed by atoms with Gasteiger partial charge in [-0.25, -0.2) is 14.4 Å². The van der Waals surface area contributed by atoms with E-state index in [1.807, 2.05) is 0 Å². The van der Waals surface area contributed by atoms with Crippen molar-refractivity contribution >= 4 is 23.2 Å². The topological polar surface area (TPSA) is 25.8 Å². The Kier molecular flexibility index (Phi) is 3.42. The number of nitrogens with zero attached hydrogens (tertiary/aromatic N) is 2. The van der Waals surface area contributed by atoms with Crippen LogP contribution in [-0.2, 0) is 19.3 Å². The second kappa shape index (κ2) is 5.06. The van der Waals surface area contributed by atoms with Gasteiger partial charge in [0.25, 0.3) is 0 Å². The zero-order valence-corrected chi connectivity index (χ0v) is 11.6. The number of hydrogen-bond acceptors (Lipinski definition) is 2. The molecule has 1 aliphatic carbocycles. The van der Waals surface area contributed by atoms with Gasteiger partial charge >= 0.3 is 0 Å². The summed E-state index contributed by atoms with van der Waals surface area (Å²) < 4.78 is 13.8. The lowest BCUT2D eigenvalue weighted by molar-refractivity contribution is 0.612. The predicted octanol–water partition coefficient (Wildman–Crippen LogP) is 4.00. The van der Waals surface area contributed by atoms with Crippen molar-refractivity contribution in [2.75, 3.05) is 0 Å². The van der Waals surface area contributed by atoms with Gasteiger partial charge in [-0.15, -0.1) is 0 Å². The van der Waals surface area contributed by atoms with Crippen molar-refractivity contribution in [2.45, 2.75) is 25.7 Å². The van der Waals surface area contributed by atoms with E-state index < -0.39 is 5.82 Å². The van der Waals surface area contributed by atoms with Crippen LogP contribution in [0.3, 0.4) is 0 Å². The third kappa shape index (κ3) is 2.45. The minimum atomic E-state index is -0.413. The third-order valence-corrected chi connectivity index (χ3v) is 3.91. The van der Waals surface area contributed by atoms with Crippen molar-refractivity contribution < 1.29 is 4.39 Å². The quantitative estimate of drug-likeness (QED) is 0.783. The Hall–Kier alpha value is -1.19. The van der Waals surface area contributed by atoms with E-state index in [2.05, 4.69) is 9.97 Å². The fraction of sp³-hybridized carbons (Fsp3) is 0.286. The summed E-state index contributed by atoms with van der Waals surface area (Å²) >= 11 is 11.9. The summed E-state index contributed by atoms with van der Waals surface area (Å²) in [6.45, 7) is 0. The Morgan fingerprint density at radius 3 is 2.84 bits per heavy atom. The summed E-state index contributed by atoms with van der Waals surface area (Å²) in [5, 5.41) is 0.615. The fourth-order valence-electron chi connectivity index (χ4n) is 2.37. The highest BCUT2D eigenvalue weighted by Gasteiger charge is 2.19. The van der Waals surface area contributed by atoms with Crippen molar-refractivity contribution in [1.29, 1.82) is 0 Å². The molecule has 0 N–H and O–H groups in total. The lowest BCUT2D eigenvalue weighted by Crippen LogP contribution is -2.03. The van der Waals surface area contributed by atoms with E-state index in [-0.39, 0.29) is 5.02 Å². The molecule has 0 bridgehead atoms. The highest BCUT2D eigenvalue weighted by molar-refractivity contribution is 6.30. The van der Waals surface area contributed by atoms with Crippen LogP contribution < -0.4 is 0 Å². The number of aromatic nitrogens is 2. The Morgan fingerprint density at radius 1 is 1.16 bits per heavy atom. The molecule has 0 saturated carbocycles. The second-order valence-electron chi connectivity index (χ2n) is 4.60. The molecule has 0 saturated heterocycles. The van der Waals surface area contributed by atoms with Gasteiger partial charge < -0.3 is 0 Å². The summed E-state index contributed by atoms with van der Waals surface area (Å²) in [5.41, 5.74) is 2.52. The molecule has 0 fully saturated rings. The average Bonchev–Trinajstić information content (AvgIpc) is 2.84. The van der Waals surface area contributed by atoms with Gasteiger partial charge in [0, 0.05) is 17.7 Å². The SMILES string of the molecule is Fc1c(Cl)cccc1Cc1nc(Cl)c2c(n1)CCC2. The van der Waals surface area contributed by atoms with Crippen molar-refractivity contribution in [3.8, 4) is 0 Å². The van der Waals surface area contributed by atoms with Crippen LogP contribution in [0.25, 0.3) is 0 Å². The van der Waals surface area contributed by atoms with Crippen LogP contribution >= 0.6 is 23.2 Å². The summed E-state index contributed by atoms with van der Waals surface area (Å²) in [6.07, 6.45) is 3.21. The molecule has 19 heavy (non-hydrogen) atoms. The van der Waals surface area contributed by atoms with Crippen molar-refractivity contribution in [3.63, 3.8) is 0 Å². The summed E-state index contributed by atoms with van der Waals surface area (Å²) in [6, 6.07) is 4.93. The van der Waals surface area contributed by atoms with E-state index in [4.69, 9.17) is 23.2 Å². The standard InChI is InChI=1S/C14H11Cl2FN2/c15-10-5-1-3-8(13(10)17)7-12-18-11-6-2-4-9(11)14(16)19-12/h1,3,5H,2,4,6-7H2. The molecule has 5 heteroatoms. The molecule has 1 aromatic carbocycles. The Bertz CT molecular complexity index is 644. The molecule has 0 spiro atoms. The van der Waals surface area contributed by atoms with Crippen LogP contribution in [0, 0.1) is 5.82 Å². The van der Waals surface area contributed by atoms with Gasteiger partial charge in [0.1, 0.15) is 16.8 Å². The minimum Gasteiger partial charge on any atom is -0.237 e. The Labute approximate surface area is 120 Å². The first kappa shape index (κ1) is 12.8. The van der Waals surface area contributed by atoms with Gasteiger partial charge in [-0.3, -0.25) is 0 Å². The first-order valence-electron chi connectivity index (χ1n) is 6.12. The molecule has 2 nitrogen and oxygen atoms in total. The van der Waals surface area contributed by atoms with E-state index in [0.717, 1.165) is 30.5 Å². The van der Waals surface area contributed by atoms with Crippen molar-refractivity contribution in [1.82, 2.24) is 9.97 Å². The van der Waals surface area contributed by atoms with E-state index in [1.54, 1.807) is 12.1 Å².